The van der Waals surface area contributed by atoms with Crippen LogP contribution >= 0.6 is 0 Å². The van der Waals surface area contributed by atoms with E-state index in [-0.39, 0.29) is 12.2 Å². The van der Waals surface area contributed by atoms with E-state index in [4.69, 9.17) is 5.73 Å². The van der Waals surface area contributed by atoms with Crippen LogP contribution < -0.4 is 5.73 Å². The van der Waals surface area contributed by atoms with E-state index in [2.05, 4.69) is 10.3 Å². The van der Waals surface area contributed by atoms with Crippen molar-refractivity contribution in [3.05, 3.63) is 47.8 Å². The van der Waals surface area contributed by atoms with Gasteiger partial charge in [0.25, 0.3) is 0 Å². The van der Waals surface area contributed by atoms with Gasteiger partial charge in [0.2, 0.25) is 0 Å². The number of nitrogens with zero attached hydrogens (tertiary/aromatic N) is 3. The molecule has 2 N–H and O–H groups in total. The molecule has 0 spiro atoms. The van der Waals surface area contributed by atoms with E-state index in [1.807, 2.05) is 30.3 Å². The van der Waals surface area contributed by atoms with Crippen molar-refractivity contribution in [2.75, 3.05) is 0 Å². The molecular weight excluding hydrogens is 228 g/mol. The zero-order chi connectivity index (χ0) is 13.0. The first kappa shape index (κ1) is 12.4. The van der Waals surface area contributed by atoms with Gasteiger partial charge in [-0.05, 0) is 12.0 Å². The highest BCUT2D eigenvalue weighted by molar-refractivity contribution is 5.85. The maximum atomic E-state index is 11.9. The zero-order valence-electron chi connectivity index (χ0n) is 10.3. The first-order valence-electron chi connectivity index (χ1n) is 5.82. The summed E-state index contributed by atoms with van der Waals surface area (Å²) in [7, 11) is 1.77. The van der Waals surface area contributed by atoms with E-state index in [0.29, 0.717) is 12.1 Å². The number of carbonyl (C=O) groups is 1. The predicted octanol–water partition coefficient (Wildman–Crippen LogP) is 0.497. The maximum Gasteiger partial charge on any atom is 0.155 e. The van der Waals surface area contributed by atoms with Crippen molar-refractivity contribution in [1.29, 1.82) is 0 Å². The van der Waals surface area contributed by atoms with Crippen LogP contribution in [0.5, 0.6) is 0 Å². The molecule has 1 unspecified atom stereocenters. The average Bonchev–Trinajstić information content (AvgIpc) is 2.76. The number of aryl methyl sites for hydroxylation is 1. The summed E-state index contributed by atoms with van der Waals surface area (Å²) in [6.45, 7) is 0. The van der Waals surface area contributed by atoms with Crippen molar-refractivity contribution < 1.29 is 4.79 Å². The van der Waals surface area contributed by atoms with Crippen LogP contribution in [-0.2, 0) is 24.7 Å². The van der Waals surface area contributed by atoms with Crippen LogP contribution in [0.2, 0.25) is 0 Å². The van der Waals surface area contributed by atoms with Gasteiger partial charge in [-0.25, -0.2) is 0 Å². The minimum Gasteiger partial charge on any atom is -0.321 e. The molecule has 0 aliphatic heterocycles. The van der Waals surface area contributed by atoms with Gasteiger partial charge in [0.1, 0.15) is 0 Å². The number of hydrogen-bond acceptors (Lipinski definition) is 4. The summed E-state index contributed by atoms with van der Waals surface area (Å²) >= 11 is 0. The van der Waals surface area contributed by atoms with Crippen molar-refractivity contribution in [3.63, 3.8) is 0 Å². The molecular formula is C13H16N4O. The second kappa shape index (κ2) is 5.55. The third-order valence-electron chi connectivity index (χ3n) is 2.72. The van der Waals surface area contributed by atoms with Gasteiger partial charge in [-0.3, -0.25) is 9.48 Å². The summed E-state index contributed by atoms with van der Waals surface area (Å²) in [6.07, 6.45) is 2.52. The predicted molar refractivity (Wildman–Crippen MR) is 67.8 cm³/mol. The van der Waals surface area contributed by atoms with E-state index in [1.165, 1.54) is 0 Å². The molecule has 0 saturated carbocycles. The van der Waals surface area contributed by atoms with Crippen LogP contribution in [0.4, 0.5) is 0 Å². The Hall–Kier alpha value is -2.01. The highest BCUT2D eigenvalue weighted by Gasteiger charge is 2.15. The van der Waals surface area contributed by atoms with Crippen LogP contribution in [0.15, 0.2) is 36.5 Å². The summed E-state index contributed by atoms with van der Waals surface area (Å²) in [4.78, 5) is 11.9. The van der Waals surface area contributed by atoms with E-state index in [1.54, 1.807) is 17.9 Å². The third-order valence-corrected chi connectivity index (χ3v) is 2.72. The Bertz CT molecular complexity index is 521. The van der Waals surface area contributed by atoms with Gasteiger partial charge in [0, 0.05) is 13.2 Å². The van der Waals surface area contributed by atoms with Gasteiger partial charge < -0.3 is 5.73 Å². The smallest absolute Gasteiger partial charge is 0.155 e. The molecule has 5 heteroatoms. The van der Waals surface area contributed by atoms with Crippen molar-refractivity contribution in [2.45, 2.75) is 18.9 Å². The molecule has 1 aromatic heterocycles. The number of aromatic nitrogens is 3. The van der Waals surface area contributed by atoms with Crippen LogP contribution in [0.3, 0.4) is 0 Å². The van der Waals surface area contributed by atoms with Gasteiger partial charge in [-0.15, -0.1) is 5.10 Å². The molecule has 0 saturated heterocycles. The lowest BCUT2D eigenvalue weighted by Gasteiger charge is -2.09. The summed E-state index contributed by atoms with van der Waals surface area (Å²) in [5, 5.41) is 7.67. The number of carbonyl (C=O) groups excluding carboxylic acids is 1. The number of Topliss-reactive ketones (excluding diaryl/α,β-unsaturated/α-hetero) is 1. The monoisotopic (exact) mass is 244 g/mol. The Kier molecular flexibility index (Phi) is 3.84. The van der Waals surface area contributed by atoms with Crippen molar-refractivity contribution in [2.24, 2.45) is 12.8 Å². The molecule has 1 heterocycles. The second-order valence-corrected chi connectivity index (χ2v) is 4.32. The summed E-state index contributed by atoms with van der Waals surface area (Å²) < 4.78 is 1.57. The highest BCUT2D eigenvalue weighted by Crippen LogP contribution is 2.04. The van der Waals surface area contributed by atoms with Gasteiger partial charge in [-0.1, -0.05) is 35.5 Å². The molecule has 0 radical (unpaired) electrons. The van der Waals surface area contributed by atoms with Gasteiger partial charge in [-0.2, -0.15) is 0 Å². The normalized spacial score (nSPS) is 12.3. The van der Waals surface area contributed by atoms with E-state index in [9.17, 15) is 4.79 Å². The zero-order valence-corrected chi connectivity index (χ0v) is 10.3. The Balaban J connectivity index is 1.93. The third kappa shape index (κ3) is 3.24. The summed E-state index contributed by atoms with van der Waals surface area (Å²) in [5.41, 5.74) is 7.62. The molecule has 18 heavy (non-hydrogen) atoms. The molecule has 94 valence electrons. The lowest BCUT2D eigenvalue weighted by Crippen LogP contribution is -2.34. The SMILES string of the molecule is Cn1cc(CC(=O)C(N)Cc2ccccc2)nn1. The van der Waals surface area contributed by atoms with Crippen LogP contribution in [0.1, 0.15) is 11.3 Å². The van der Waals surface area contributed by atoms with Crippen molar-refractivity contribution >= 4 is 5.78 Å². The molecule has 0 aliphatic rings. The van der Waals surface area contributed by atoms with Crippen molar-refractivity contribution in [3.8, 4) is 0 Å². The van der Waals surface area contributed by atoms with Gasteiger partial charge in [0.15, 0.2) is 5.78 Å². The highest BCUT2D eigenvalue weighted by atomic mass is 16.1. The number of hydrogen-bond donors (Lipinski definition) is 1. The Morgan fingerprint density at radius 2 is 2.11 bits per heavy atom. The molecule has 2 aromatic rings. The molecule has 1 aromatic carbocycles. The summed E-state index contributed by atoms with van der Waals surface area (Å²) in [5.74, 6) is -0.0145. The fraction of sp³-hybridized carbons (Fsp3) is 0.308. The molecule has 1 atom stereocenters. The standard InChI is InChI=1S/C13H16N4O/c1-17-9-11(15-16-17)8-13(18)12(14)7-10-5-3-2-4-6-10/h2-6,9,12H,7-8,14H2,1H3. The van der Waals surface area contributed by atoms with Crippen LogP contribution in [0, 0.1) is 0 Å². The van der Waals surface area contributed by atoms with Gasteiger partial charge in [0.05, 0.1) is 18.2 Å². The first-order valence-corrected chi connectivity index (χ1v) is 5.82. The average molecular weight is 244 g/mol. The second-order valence-electron chi connectivity index (χ2n) is 4.32. The maximum absolute atomic E-state index is 11.9. The van der Waals surface area contributed by atoms with Crippen LogP contribution in [-0.4, -0.2) is 26.8 Å². The largest absolute Gasteiger partial charge is 0.321 e. The van der Waals surface area contributed by atoms with Crippen LogP contribution in [0.25, 0.3) is 0 Å². The van der Waals surface area contributed by atoms with E-state index >= 15 is 0 Å². The first-order chi connectivity index (χ1) is 8.65. The minimum absolute atomic E-state index is 0.0145. The number of nitrogens with two attached hydrogens (primary N) is 1. The Morgan fingerprint density at radius 3 is 2.72 bits per heavy atom. The quantitative estimate of drug-likeness (QED) is 0.831. The van der Waals surface area contributed by atoms with Gasteiger partial charge >= 0.3 is 0 Å². The number of ketones is 1. The fourth-order valence-electron chi connectivity index (χ4n) is 1.77. The minimum atomic E-state index is -0.491. The molecule has 2 rings (SSSR count). The molecule has 0 fully saturated rings. The number of benzene rings is 1. The molecule has 0 amide bonds. The Morgan fingerprint density at radius 1 is 1.39 bits per heavy atom. The summed E-state index contributed by atoms with van der Waals surface area (Å²) in [6, 6.07) is 9.26. The molecule has 5 nitrogen and oxygen atoms in total. The van der Waals surface area contributed by atoms with E-state index in [0.717, 1.165) is 5.56 Å². The molecule has 0 bridgehead atoms. The Labute approximate surface area is 106 Å². The fourth-order valence-corrected chi connectivity index (χ4v) is 1.77. The van der Waals surface area contributed by atoms with Crippen molar-refractivity contribution in [1.82, 2.24) is 15.0 Å². The topological polar surface area (TPSA) is 73.8 Å². The molecule has 0 aliphatic carbocycles. The number of rotatable bonds is 5. The lowest BCUT2D eigenvalue weighted by molar-refractivity contribution is -0.119. The lowest BCUT2D eigenvalue weighted by atomic mass is 10.0. The van der Waals surface area contributed by atoms with E-state index < -0.39 is 6.04 Å².